The Morgan fingerprint density at radius 1 is 1.12 bits per heavy atom. The van der Waals surface area contributed by atoms with Crippen LogP contribution in [0.25, 0.3) is 0 Å². The van der Waals surface area contributed by atoms with Gasteiger partial charge in [-0.15, -0.1) is 0 Å². The maximum Gasteiger partial charge on any atom is 0.250 e. The third-order valence-corrected chi connectivity index (χ3v) is 6.33. The van der Waals surface area contributed by atoms with Crippen molar-refractivity contribution >= 4 is 28.9 Å². The zero-order chi connectivity index (χ0) is 23.0. The van der Waals surface area contributed by atoms with E-state index < -0.39 is 6.43 Å². The van der Waals surface area contributed by atoms with Gasteiger partial charge in [0.25, 0.3) is 6.43 Å². The molecular weight excluding hydrogens is 452 g/mol. The molecule has 4 rings (SSSR count). The molecule has 10 heteroatoms. The summed E-state index contributed by atoms with van der Waals surface area (Å²) in [6.45, 7) is 3.53. The van der Waals surface area contributed by atoms with E-state index in [0.717, 1.165) is 63.4 Å². The van der Waals surface area contributed by atoms with Gasteiger partial charge in [-0.1, -0.05) is 11.6 Å². The molecule has 2 heterocycles. The molecule has 7 nitrogen and oxygen atoms in total. The van der Waals surface area contributed by atoms with Crippen molar-refractivity contribution in [3.8, 4) is 5.88 Å². The number of aromatic nitrogens is 2. The summed E-state index contributed by atoms with van der Waals surface area (Å²) in [5.74, 6) is 1.11. The minimum Gasteiger partial charge on any atom is -0.476 e. The number of halogens is 3. The van der Waals surface area contributed by atoms with E-state index in [4.69, 9.17) is 21.1 Å². The van der Waals surface area contributed by atoms with E-state index in [0.29, 0.717) is 29.4 Å². The van der Waals surface area contributed by atoms with E-state index in [1.165, 1.54) is 6.20 Å². The highest BCUT2D eigenvalue weighted by atomic mass is 35.5. The summed E-state index contributed by atoms with van der Waals surface area (Å²) in [4.78, 5) is 11.0. The minimum absolute atomic E-state index is 0.156. The van der Waals surface area contributed by atoms with Crippen LogP contribution in [0.1, 0.15) is 25.7 Å². The van der Waals surface area contributed by atoms with Crippen molar-refractivity contribution in [3.63, 3.8) is 0 Å². The van der Waals surface area contributed by atoms with Gasteiger partial charge >= 0.3 is 0 Å². The lowest BCUT2D eigenvalue weighted by molar-refractivity contribution is 0.122. The third-order valence-electron chi connectivity index (χ3n) is 6.07. The molecule has 0 radical (unpaired) electrons. The molecule has 1 aliphatic carbocycles. The first-order valence-corrected chi connectivity index (χ1v) is 11.8. The summed E-state index contributed by atoms with van der Waals surface area (Å²) in [7, 11) is 0. The number of ether oxygens (including phenoxy) is 2. The summed E-state index contributed by atoms with van der Waals surface area (Å²) < 4.78 is 36.0. The largest absolute Gasteiger partial charge is 0.476 e. The Morgan fingerprint density at radius 2 is 1.85 bits per heavy atom. The number of morpholine rings is 1. The highest BCUT2D eigenvalue weighted by molar-refractivity contribution is 6.31. The normalized spacial score (nSPS) is 21.3. The Hall–Kier alpha value is -2.23. The molecule has 0 atom stereocenters. The smallest absolute Gasteiger partial charge is 0.250 e. The van der Waals surface area contributed by atoms with Crippen LogP contribution in [0, 0.1) is 5.92 Å². The van der Waals surface area contributed by atoms with Crippen LogP contribution >= 0.6 is 11.6 Å². The van der Waals surface area contributed by atoms with E-state index >= 15 is 0 Å². The molecule has 1 aliphatic heterocycles. The molecular formula is C23H30ClF2N5O2. The lowest BCUT2D eigenvalue weighted by atomic mass is 9.86. The molecule has 0 bridgehead atoms. The molecule has 0 spiro atoms. The Kier molecular flexibility index (Phi) is 8.52. The predicted octanol–water partition coefficient (Wildman–Crippen LogP) is 4.50. The van der Waals surface area contributed by atoms with Gasteiger partial charge in [-0.2, -0.15) is 4.98 Å². The molecule has 0 amide bonds. The number of hydrogen-bond donors (Lipinski definition) is 2. The van der Waals surface area contributed by atoms with Crippen LogP contribution in [0.4, 0.5) is 26.1 Å². The van der Waals surface area contributed by atoms with Gasteiger partial charge in [-0.05, 0) is 55.9 Å². The number of benzene rings is 1. The van der Waals surface area contributed by atoms with E-state index in [-0.39, 0.29) is 12.6 Å². The van der Waals surface area contributed by atoms with E-state index in [1.54, 1.807) is 0 Å². The van der Waals surface area contributed by atoms with Gasteiger partial charge in [-0.25, -0.2) is 13.8 Å². The zero-order valence-electron chi connectivity index (χ0n) is 18.5. The van der Waals surface area contributed by atoms with E-state index in [2.05, 4.69) is 37.6 Å². The quantitative estimate of drug-likeness (QED) is 0.546. The van der Waals surface area contributed by atoms with Crippen LogP contribution in [0.3, 0.4) is 0 Å². The maximum absolute atomic E-state index is 12.4. The van der Waals surface area contributed by atoms with Crippen molar-refractivity contribution in [2.24, 2.45) is 5.92 Å². The van der Waals surface area contributed by atoms with Gasteiger partial charge in [0.1, 0.15) is 5.02 Å². The van der Waals surface area contributed by atoms with Gasteiger partial charge in [0.2, 0.25) is 11.8 Å². The van der Waals surface area contributed by atoms with Crippen molar-refractivity contribution in [2.45, 2.75) is 38.2 Å². The first-order chi connectivity index (χ1) is 16.1. The summed E-state index contributed by atoms with van der Waals surface area (Å²) in [6, 6.07) is 8.26. The number of rotatable bonds is 9. The molecule has 1 aromatic heterocycles. The molecule has 1 saturated heterocycles. The Bertz CT molecular complexity index is 876. The van der Waals surface area contributed by atoms with Crippen LogP contribution < -0.4 is 20.3 Å². The van der Waals surface area contributed by atoms with Gasteiger partial charge in [0.15, 0.2) is 0 Å². The molecule has 2 fully saturated rings. The van der Waals surface area contributed by atoms with Gasteiger partial charge in [0.05, 0.1) is 32.6 Å². The van der Waals surface area contributed by atoms with Crippen LogP contribution in [-0.4, -0.2) is 61.9 Å². The minimum atomic E-state index is -2.31. The predicted molar refractivity (Wildman–Crippen MR) is 125 cm³/mol. The molecule has 2 aromatic rings. The highest BCUT2D eigenvalue weighted by Gasteiger charge is 2.22. The van der Waals surface area contributed by atoms with Crippen molar-refractivity contribution < 1.29 is 18.3 Å². The molecule has 1 aromatic carbocycles. The molecule has 33 heavy (non-hydrogen) atoms. The van der Waals surface area contributed by atoms with Gasteiger partial charge < -0.3 is 25.0 Å². The molecule has 1 saturated carbocycles. The second-order valence-corrected chi connectivity index (χ2v) is 8.85. The second-order valence-electron chi connectivity index (χ2n) is 8.45. The molecule has 2 aliphatic rings. The van der Waals surface area contributed by atoms with Crippen molar-refractivity contribution in [3.05, 3.63) is 35.5 Å². The number of nitrogens with zero attached hydrogens (tertiary/aromatic N) is 3. The van der Waals surface area contributed by atoms with Crippen LogP contribution in [-0.2, 0) is 4.74 Å². The Balaban J connectivity index is 1.27. The third kappa shape index (κ3) is 7.12. The maximum atomic E-state index is 12.4. The summed E-state index contributed by atoms with van der Waals surface area (Å²) in [5, 5.41) is 6.48. The zero-order valence-corrected chi connectivity index (χ0v) is 19.2. The summed E-state index contributed by atoms with van der Waals surface area (Å²) in [6.07, 6.45) is 2.79. The monoisotopic (exact) mass is 481 g/mol. The number of hydrogen-bond acceptors (Lipinski definition) is 7. The standard InChI is InChI=1S/C23H30ClF2N5O2/c24-20-13-28-23(29-18-5-7-19(8-6-18)31-9-11-32-12-10-31)30-22(20)33-15-16-1-3-17(4-2-16)27-14-21(25)26/h5-8,13,16-17,21,27H,1-4,9-12,14-15H2,(H,28,29,30)/t16-,17-. The Labute approximate surface area is 197 Å². The van der Waals surface area contributed by atoms with Crippen molar-refractivity contribution in [1.82, 2.24) is 15.3 Å². The number of alkyl halides is 2. The number of nitrogens with one attached hydrogen (secondary N) is 2. The first kappa shape index (κ1) is 23.9. The highest BCUT2D eigenvalue weighted by Crippen LogP contribution is 2.28. The first-order valence-electron chi connectivity index (χ1n) is 11.4. The van der Waals surface area contributed by atoms with Gasteiger partial charge in [0, 0.05) is 30.5 Å². The fourth-order valence-corrected chi connectivity index (χ4v) is 4.35. The van der Waals surface area contributed by atoms with Crippen LogP contribution in [0.15, 0.2) is 30.5 Å². The topological polar surface area (TPSA) is 71.5 Å². The fraction of sp³-hybridized carbons (Fsp3) is 0.565. The summed E-state index contributed by atoms with van der Waals surface area (Å²) >= 11 is 6.24. The second kappa shape index (κ2) is 11.8. The molecule has 2 N–H and O–H groups in total. The molecule has 180 valence electrons. The fourth-order valence-electron chi connectivity index (χ4n) is 4.20. The van der Waals surface area contributed by atoms with Crippen molar-refractivity contribution in [2.75, 3.05) is 49.7 Å². The lowest BCUT2D eigenvalue weighted by Crippen LogP contribution is -2.37. The average molecular weight is 482 g/mol. The van der Waals surface area contributed by atoms with Crippen LogP contribution in [0.5, 0.6) is 5.88 Å². The average Bonchev–Trinajstić information content (AvgIpc) is 2.85. The van der Waals surface area contributed by atoms with Gasteiger partial charge in [-0.3, -0.25) is 0 Å². The van der Waals surface area contributed by atoms with Crippen LogP contribution in [0.2, 0.25) is 5.02 Å². The van der Waals surface area contributed by atoms with E-state index in [9.17, 15) is 8.78 Å². The number of anilines is 3. The molecule has 0 unspecified atom stereocenters. The Morgan fingerprint density at radius 3 is 2.55 bits per heavy atom. The SMILES string of the molecule is FC(F)CN[C@H]1CC[C@H](COc2nc(Nc3ccc(N4CCOCC4)cc3)ncc2Cl)CC1. The summed E-state index contributed by atoms with van der Waals surface area (Å²) in [5.41, 5.74) is 2.03. The van der Waals surface area contributed by atoms with Crippen molar-refractivity contribution in [1.29, 1.82) is 0 Å². The van der Waals surface area contributed by atoms with E-state index in [1.807, 2.05) is 12.1 Å². The lowest BCUT2D eigenvalue weighted by Gasteiger charge is -2.29.